The first-order chi connectivity index (χ1) is 13.8. The van der Waals surface area contributed by atoms with E-state index in [4.69, 9.17) is 5.11 Å². The number of hydrogen-bond acceptors (Lipinski definition) is 5. The molecule has 3 aromatic carbocycles. The number of aryl methyl sites for hydroxylation is 1. The molecular formula is C21H26N2O5S. The van der Waals surface area contributed by atoms with Crippen LogP contribution in [0.3, 0.4) is 0 Å². The van der Waals surface area contributed by atoms with E-state index in [1.165, 1.54) is 25.2 Å². The minimum Gasteiger partial charge on any atom is -0.506 e. The van der Waals surface area contributed by atoms with Crippen LogP contribution < -0.4 is 10.5 Å². The van der Waals surface area contributed by atoms with Gasteiger partial charge in [-0.2, -0.15) is 0 Å². The molecule has 0 aliphatic carbocycles. The van der Waals surface area contributed by atoms with Crippen LogP contribution in [0.2, 0.25) is 0 Å². The molecule has 0 amide bonds. The summed E-state index contributed by atoms with van der Waals surface area (Å²) in [6.45, 7) is 5.89. The highest BCUT2D eigenvalue weighted by Crippen LogP contribution is 2.30. The van der Waals surface area contributed by atoms with E-state index in [1.807, 2.05) is 32.9 Å². The van der Waals surface area contributed by atoms with Crippen molar-refractivity contribution in [3.63, 3.8) is 0 Å². The van der Waals surface area contributed by atoms with Gasteiger partial charge in [-0.3, -0.25) is 4.72 Å². The number of anilines is 1. The molecule has 0 aromatic heterocycles. The zero-order valence-electron chi connectivity index (χ0n) is 16.8. The number of carboxylic acid groups (broad SMARTS) is 1. The fraction of sp³-hybridized carbons (Fsp3) is 0.190. The van der Waals surface area contributed by atoms with Gasteiger partial charge in [0.1, 0.15) is 5.75 Å². The molecule has 0 aliphatic rings. The Bertz CT molecular complexity index is 1100. The van der Waals surface area contributed by atoms with E-state index in [2.05, 4.69) is 10.5 Å². The number of aromatic carboxylic acids is 1. The number of nitrogens with two attached hydrogens (primary N) is 1. The van der Waals surface area contributed by atoms with E-state index in [9.17, 15) is 18.3 Å². The van der Waals surface area contributed by atoms with Crippen molar-refractivity contribution in [3.8, 4) is 5.75 Å². The molecule has 0 saturated carbocycles. The van der Waals surface area contributed by atoms with E-state index in [-0.39, 0.29) is 16.1 Å². The zero-order valence-corrected chi connectivity index (χ0v) is 17.6. The van der Waals surface area contributed by atoms with Crippen LogP contribution in [0.25, 0.3) is 10.8 Å². The molecule has 0 saturated heterocycles. The lowest BCUT2D eigenvalue weighted by atomic mass is 10.1. The number of benzene rings is 3. The second-order valence-electron chi connectivity index (χ2n) is 5.57. The number of sulfonamides is 1. The maximum atomic E-state index is 12.8. The maximum Gasteiger partial charge on any atom is 0.335 e. The van der Waals surface area contributed by atoms with E-state index < -0.39 is 21.7 Å². The lowest BCUT2D eigenvalue weighted by Crippen LogP contribution is -2.14. The third kappa shape index (κ3) is 5.46. The van der Waals surface area contributed by atoms with Gasteiger partial charge in [0.25, 0.3) is 10.0 Å². The first-order valence-corrected chi connectivity index (χ1v) is 10.4. The quantitative estimate of drug-likeness (QED) is 0.475. The molecule has 3 aromatic rings. The number of fused-ring (bicyclic) bond motifs is 1. The van der Waals surface area contributed by atoms with Crippen LogP contribution in [0.1, 0.15) is 29.8 Å². The predicted octanol–water partition coefficient (Wildman–Crippen LogP) is 3.95. The van der Waals surface area contributed by atoms with Crippen molar-refractivity contribution in [2.75, 3.05) is 11.8 Å². The molecule has 0 radical (unpaired) electrons. The van der Waals surface area contributed by atoms with Crippen molar-refractivity contribution in [2.45, 2.75) is 25.7 Å². The third-order valence-corrected chi connectivity index (χ3v) is 5.30. The molecule has 0 heterocycles. The maximum absolute atomic E-state index is 12.8. The van der Waals surface area contributed by atoms with E-state index in [1.54, 1.807) is 18.2 Å². The van der Waals surface area contributed by atoms with E-state index >= 15 is 0 Å². The summed E-state index contributed by atoms with van der Waals surface area (Å²) in [5.74, 6) is -1.67. The summed E-state index contributed by atoms with van der Waals surface area (Å²) < 4.78 is 27.8. The van der Waals surface area contributed by atoms with Crippen LogP contribution in [0.15, 0.2) is 59.5 Å². The molecule has 29 heavy (non-hydrogen) atoms. The molecular weight excluding hydrogens is 392 g/mol. The van der Waals surface area contributed by atoms with Crippen molar-refractivity contribution in [1.29, 1.82) is 0 Å². The SMILES string of the molecule is CC.CN.Cc1cccc2c(S(=O)(=O)Nc3ccc(C(=O)O)cc3O)cccc12. The lowest BCUT2D eigenvalue weighted by molar-refractivity contribution is 0.0696. The zero-order chi connectivity index (χ0) is 22.2. The number of nitrogens with one attached hydrogen (secondary N) is 1. The Morgan fingerprint density at radius 1 is 0.966 bits per heavy atom. The second kappa shape index (κ2) is 10.4. The highest BCUT2D eigenvalue weighted by Gasteiger charge is 2.20. The fourth-order valence-electron chi connectivity index (χ4n) is 2.62. The Morgan fingerprint density at radius 2 is 1.55 bits per heavy atom. The molecule has 0 bridgehead atoms. The third-order valence-electron chi connectivity index (χ3n) is 3.88. The number of phenols is 1. The number of hydrogen-bond donors (Lipinski definition) is 4. The summed E-state index contributed by atoms with van der Waals surface area (Å²) in [7, 11) is -2.47. The molecule has 0 unspecified atom stereocenters. The number of aromatic hydroxyl groups is 1. The number of phenolic OH excluding ortho intramolecular Hbond substituents is 1. The van der Waals surface area contributed by atoms with Crippen molar-refractivity contribution in [1.82, 2.24) is 0 Å². The summed E-state index contributed by atoms with van der Waals surface area (Å²) in [6, 6.07) is 13.8. The molecule has 0 aliphatic heterocycles. The van der Waals surface area contributed by atoms with Gasteiger partial charge in [-0.25, -0.2) is 13.2 Å². The normalized spacial score (nSPS) is 10.2. The van der Waals surface area contributed by atoms with Crippen LogP contribution in [0.5, 0.6) is 5.75 Å². The van der Waals surface area contributed by atoms with Gasteiger partial charge in [-0.15, -0.1) is 0 Å². The minimum atomic E-state index is -3.97. The summed E-state index contributed by atoms with van der Waals surface area (Å²) in [5, 5.41) is 20.2. The highest BCUT2D eigenvalue weighted by molar-refractivity contribution is 7.93. The Hall–Kier alpha value is -3.10. The summed E-state index contributed by atoms with van der Waals surface area (Å²) in [5.41, 5.74) is 5.22. The summed E-state index contributed by atoms with van der Waals surface area (Å²) >= 11 is 0. The molecule has 0 fully saturated rings. The van der Waals surface area contributed by atoms with Crippen molar-refractivity contribution < 1.29 is 23.4 Å². The molecule has 156 valence electrons. The molecule has 5 N–H and O–H groups in total. The van der Waals surface area contributed by atoms with Gasteiger partial charge in [0.05, 0.1) is 16.1 Å². The van der Waals surface area contributed by atoms with E-state index in [0.29, 0.717) is 5.39 Å². The monoisotopic (exact) mass is 418 g/mol. The van der Waals surface area contributed by atoms with Crippen LogP contribution in [0, 0.1) is 6.92 Å². The first-order valence-electron chi connectivity index (χ1n) is 8.95. The minimum absolute atomic E-state index is 0.0791. The first kappa shape index (κ1) is 23.9. The van der Waals surface area contributed by atoms with Crippen molar-refractivity contribution in [3.05, 3.63) is 65.7 Å². The van der Waals surface area contributed by atoms with Crippen LogP contribution in [-0.2, 0) is 10.0 Å². The largest absolute Gasteiger partial charge is 0.506 e. The topological polar surface area (TPSA) is 130 Å². The Kier molecular flexibility index (Phi) is 8.62. The van der Waals surface area contributed by atoms with E-state index in [0.717, 1.165) is 17.0 Å². The Labute approximate surface area is 170 Å². The number of rotatable bonds is 4. The number of carbonyl (C=O) groups is 1. The molecule has 3 rings (SSSR count). The fourth-order valence-corrected chi connectivity index (χ4v) is 3.92. The molecule has 0 atom stereocenters. The molecule has 7 nitrogen and oxygen atoms in total. The van der Waals surface area contributed by atoms with Crippen LogP contribution in [0.4, 0.5) is 5.69 Å². The standard InChI is InChI=1S/C18H15NO5S.C2H6.CH5N/c1-11-4-2-6-14-13(11)5-3-7-17(14)25(23,24)19-15-9-8-12(18(21)22)10-16(15)20;2*1-2/h2-10,19-20H,1H3,(H,21,22);1-2H3;2H2,1H3. The van der Waals surface area contributed by atoms with Gasteiger partial charge >= 0.3 is 5.97 Å². The number of carboxylic acids is 1. The van der Waals surface area contributed by atoms with Gasteiger partial charge in [0.2, 0.25) is 0 Å². The molecule has 0 spiro atoms. The smallest absolute Gasteiger partial charge is 0.335 e. The molecule has 8 heteroatoms. The van der Waals surface area contributed by atoms with Crippen molar-refractivity contribution >= 4 is 32.5 Å². The second-order valence-corrected chi connectivity index (χ2v) is 7.22. The van der Waals surface area contributed by atoms with Gasteiger partial charge < -0.3 is 15.9 Å². The van der Waals surface area contributed by atoms with Gasteiger partial charge in [0, 0.05) is 5.39 Å². The Morgan fingerprint density at radius 3 is 2.14 bits per heavy atom. The van der Waals surface area contributed by atoms with Gasteiger partial charge in [-0.1, -0.05) is 44.2 Å². The average Bonchev–Trinajstić information content (AvgIpc) is 2.72. The predicted molar refractivity (Wildman–Crippen MR) is 116 cm³/mol. The van der Waals surface area contributed by atoms with Crippen LogP contribution >= 0.6 is 0 Å². The van der Waals surface area contributed by atoms with Gasteiger partial charge in [-0.05, 0) is 49.2 Å². The summed E-state index contributed by atoms with van der Waals surface area (Å²) in [6.07, 6.45) is 0. The van der Waals surface area contributed by atoms with Crippen LogP contribution in [-0.4, -0.2) is 31.6 Å². The van der Waals surface area contributed by atoms with Crippen molar-refractivity contribution in [2.24, 2.45) is 5.73 Å². The Balaban J connectivity index is 0.000000989. The average molecular weight is 419 g/mol. The lowest BCUT2D eigenvalue weighted by Gasteiger charge is -2.13. The summed E-state index contributed by atoms with van der Waals surface area (Å²) in [4.78, 5) is 11.0. The van der Waals surface area contributed by atoms with Gasteiger partial charge in [0.15, 0.2) is 0 Å². The highest BCUT2D eigenvalue weighted by atomic mass is 32.2.